The van der Waals surface area contributed by atoms with Gasteiger partial charge in [0.05, 0.1) is 21.5 Å². The Labute approximate surface area is 176 Å². The van der Waals surface area contributed by atoms with Gasteiger partial charge in [-0.05, 0) is 43.3 Å². The minimum Gasteiger partial charge on any atom is -0.325 e. The van der Waals surface area contributed by atoms with Crippen LogP contribution in [0.25, 0.3) is 0 Å². The number of hydrogen-bond acceptors (Lipinski definition) is 4. The van der Waals surface area contributed by atoms with Gasteiger partial charge in [0.15, 0.2) is 0 Å². The lowest BCUT2D eigenvalue weighted by Crippen LogP contribution is -2.30. The molecule has 1 amide bonds. The molecule has 0 heterocycles. The van der Waals surface area contributed by atoms with Crippen molar-refractivity contribution in [3.8, 4) is 0 Å². The van der Waals surface area contributed by atoms with Crippen LogP contribution in [0.1, 0.15) is 11.1 Å². The molecule has 0 saturated heterocycles. The predicted octanol–water partition coefficient (Wildman–Crippen LogP) is 3.62. The minimum absolute atomic E-state index is 0.104. The second-order valence-corrected chi connectivity index (χ2v) is 9.61. The summed E-state index contributed by atoms with van der Waals surface area (Å²) in [7, 11) is 1.13. The molecule has 0 spiro atoms. The van der Waals surface area contributed by atoms with Gasteiger partial charge >= 0.3 is 0 Å². The van der Waals surface area contributed by atoms with Crippen molar-refractivity contribution >= 4 is 44.8 Å². The number of amides is 1. The highest BCUT2D eigenvalue weighted by Gasteiger charge is 2.20. The Morgan fingerprint density at radius 1 is 1.11 bits per heavy atom. The number of aryl methyl sites for hydroxylation is 1. The smallest absolute Gasteiger partial charge is 0.242 e. The fraction of sp³-hybridized carbons (Fsp3) is 0.316. The number of nitrogens with one attached hydrogen (secondary N) is 1. The van der Waals surface area contributed by atoms with E-state index in [0.717, 1.165) is 9.87 Å². The molecule has 28 heavy (non-hydrogen) atoms. The number of sulfonamides is 1. The molecule has 0 radical (unpaired) electrons. The number of benzene rings is 2. The lowest BCUT2D eigenvalue weighted by Gasteiger charge is -2.18. The monoisotopic (exact) mass is 443 g/mol. The van der Waals surface area contributed by atoms with Crippen LogP contribution in [-0.2, 0) is 21.4 Å². The van der Waals surface area contributed by atoms with Gasteiger partial charge in [0.2, 0.25) is 15.9 Å². The zero-order chi connectivity index (χ0) is 21.1. The molecular weight excluding hydrogens is 421 g/mol. The summed E-state index contributed by atoms with van der Waals surface area (Å²) in [5, 5.41) is 3.67. The molecule has 0 unspecified atom stereocenters. The third kappa shape index (κ3) is 5.46. The molecular formula is C19H23Cl2N3O3S. The zero-order valence-electron chi connectivity index (χ0n) is 16.2. The highest BCUT2D eigenvalue weighted by atomic mass is 35.5. The van der Waals surface area contributed by atoms with Gasteiger partial charge in [-0.25, -0.2) is 12.7 Å². The van der Waals surface area contributed by atoms with Gasteiger partial charge in [0.1, 0.15) is 0 Å². The molecule has 0 aromatic heterocycles. The normalized spacial score (nSPS) is 11.9. The second-order valence-electron chi connectivity index (χ2n) is 6.70. The first-order valence-corrected chi connectivity index (χ1v) is 10.7. The van der Waals surface area contributed by atoms with Crippen LogP contribution in [0.15, 0.2) is 41.3 Å². The van der Waals surface area contributed by atoms with Crippen LogP contribution < -0.4 is 5.32 Å². The van der Waals surface area contributed by atoms with Crippen molar-refractivity contribution in [2.45, 2.75) is 18.4 Å². The van der Waals surface area contributed by atoms with Crippen molar-refractivity contribution in [2.75, 3.05) is 33.0 Å². The average Bonchev–Trinajstić information content (AvgIpc) is 2.60. The van der Waals surface area contributed by atoms with E-state index >= 15 is 0 Å². The fourth-order valence-corrected chi connectivity index (χ4v) is 4.14. The Balaban J connectivity index is 2.08. The Morgan fingerprint density at radius 3 is 2.43 bits per heavy atom. The van der Waals surface area contributed by atoms with Crippen LogP contribution in [-0.4, -0.2) is 51.2 Å². The van der Waals surface area contributed by atoms with Crippen molar-refractivity contribution < 1.29 is 13.2 Å². The summed E-state index contributed by atoms with van der Waals surface area (Å²) in [5.41, 5.74) is 1.85. The number of carbonyl (C=O) groups is 1. The van der Waals surface area contributed by atoms with E-state index in [1.807, 2.05) is 6.07 Å². The fourth-order valence-electron chi connectivity index (χ4n) is 2.62. The first-order valence-electron chi connectivity index (χ1n) is 8.47. The highest BCUT2D eigenvalue weighted by molar-refractivity contribution is 7.89. The van der Waals surface area contributed by atoms with Gasteiger partial charge in [-0.15, -0.1) is 0 Å². The van der Waals surface area contributed by atoms with Gasteiger partial charge in [0.25, 0.3) is 0 Å². The van der Waals surface area contributed by atoms with Gasteiger partial charge in [-0.1, -0.05) is 41.4 Å². The van der Waals surface area contributed by atoms with Crippen LogP contribution in [0, 0.1) is 6.92 Å². The van der Waals surface area contributed by atoms with E-state index in [0.29, 0.717) is 27.8 Å². The van der Waals surface area contributed by atoms with Crippen molar-refractivity contribution in [1.82, 2.24) is 9.21 Å². The first-order chi connectivity index (χ1) is 13.0. The van der Waals surface area contributed by atoms with Crippen LogP contribution in [0.5, 0.6) is 0 Å². The molecule has 0 aliphatic heterocycles. The molecule has 2 aromatic carbocycles. The first kappa shape index (κ1) is 22.6. The molecule has 6 nitrogen and oxygen atoms in total. The summed E-state index contributed by atoms with van der Waals surface area (Å²) in [6.07, 6.45) is 0. The molecule has 0 aliphatic rings. The van der Waals surface area contributed by atoms with Gasteiger partial charge in [-0.2, -0.15) is 0 Å². The number of likely N-dealkylation sites (N-methyl/N-ethyl adjacent to an activating group) is 1. The van der Waals surface area contributed by atoms with E-state index in [1.165, 1.54) is 20.2 Å². The lowest BCUT2D eigenvalue weighted by atomic mass is 10.2. The van der Waals surface area contributed by atoms with E-state index in [-0.39, 0.29) is 17.3 Å². The maximum absolute atomic E-state index is 12.4. The molecule has 0 saturated carbocycles. The van der Waals surface area contributed by atoms with E-state index in [4.69, 9.17) is 23.2 Å². The van der Waals surface area contributed by atoms with Crippen LogP contribution in [0.3, 0.4) is 0 Å². The zero-order valence-corrected chi connectivity index (χ0v) is 18.5. The number of anilines is 1. The average molecular weight is 444 g/mol. The third-order valence-electron chi connectivity index (χ3n) is 4.12. The van der Waals surface area contributed by atoms with Gasteiger partial charge in [-0.3, -0.25) is 9.69 Å². The summed E-state index contributed by atoms with van der Waals surface area (Å²) < 4.78 is 26.0. The largest absolute Gasteiger partial charge is 0.325 e. The predicted molar refractivity (Wildman–Crippen MR) is 113 cm³/mol. The molecule has 1 N–H and O–H groups in total. The lowest BCUT2D eigenvalue weighted by molar-refractivity contribution is -0.117. The van der Waals surface area contributed by atoms with Crippen molar-refractivity contribution in [3.05, 3.63) is 57.6 Å². The second kappa shape index (κ2) is 9.24. The number of nitrogens with zero attached hydrogens (tertiary/aromatic N) is 2. The number of hydrogen-bond donors (Lipinski definition) is 1. The Bertz CT molecular complexity index is 978. The maximum Gasteiger partial charge on any atom is 0.242 e. The Hall–Kier alpha value is -1.64. The molecule has 152 valence electrons. The van der Waals surface area contributed by atoms with Gasteiger partial charge < -0.3 is 5.32 Å². The number of halogens is 2. The third-order valence-corrected chi connectivity index (χ3v) is 6.93. The van der Waals surface area contributed by atoms with Crippen LogP contribution >= 0.6 is 23.2 Å². The van der Waals surface area contributed by atoms with Crippen LogP contribution in [0.2, 0.25) is 10.0 Å². The van der Waals surface area contributed by atoms with Crippen LogP contribution in [0.4, 0.5) is 5.69 Å². The molecule has 0 aliphatic carbocycles. The number of carbonyl (C=O) groups excluding carboxylic acids is 1. The Kier molecular flexibility index (Phi) is 7.47. The van der Waals surface area contributed by atoms with Gasteiger partial charge in [0, 0.05) is 26.3 Å². The molecule has 9 heteroatoms. The summed E-state index contributed by atoms with van der Waals surface area (Å²) >= 11 is 12.2. The van der Waals surface area contributed by atoms with Crippen molar-refractivity contribution in [1.29, 1.82) is 0 Å². The Morgan fingerprint density at radius 2 is 1.79 bits per heavy atom. The standard InChI is InChI=1S/C19H23Cl2N3O3S/c1-13-8-9-15(10-17(13)28(26,27)23(2)3)22-18(25)12-24(4)11-14-6-5-7-16(20)19(14)21/h5-10H,11-12H2,1-4H3,(H,22,25). The molecule has 0 fully saturated rings. The van der Waals surface area contributed by atoms with Crippen molar-refractivity contribution in [2.24, 2.45) is 0 Å². The summed E-state index contributed by atoms with van der Waals surface area (Å²) in [5.74, 6) is -0.266. The maximum atomic E-state index is 12.4. The summed E-state index contributed by atoms with van der Waals surface area (Å²) in [6.45, 7) is 2.26. The minimum atomic E-state index is -3.59. The summed E-state index contributed by atoms with van der Waals surface area (Å²) in [6, 6.07) is 10.2. The molecule has 2 rings (SSSR count). The molecule has 0 bridgehead atoms. The van der Waals surface area contributed by atoms with Crippen molar-refractivity contribution in [3.63, 3.8) is 0 Å². The molecule has 2 aromatic rings. The number of rotatable bonds is 7. The SMILES string of the molecule is Cc1ccc(NC(=O)CN(C)Cc2cccc(Cl)c2Cl)cc1S(=O)(=O)N(C)C. The van der Waals surface area contributed by atoms with E-state index in [9.17, 15) is 13.2 Å². The molecule has 0 atom stereocenters. The van der Waals surface area contributed by atoms with E-state index < -0.39 is 10.0 Å². The topological polar surface area (TPSA) is 69.7 Å². The summed E-state index contributed by atoms with van der Waals surface area (Å²) in [4.78, 5) is 14.3. The highest BCUT2D eigenvalue weighted by Crippen LogP contribution is 2.26. The van der Waals surface area contributed by atoms with E-state index in [1.54, 1.807) is 43.1 Å². The van der Waals surface area contributed by atoms with E-state index in [2.05, 4.69) is 5.32 Å². The quantitative estimate of drug-likeness (QED) is 0.708.